The van der Waals surface area contributed by atoms with Gasteiger partial charge in [-0.2, -0.15) is 5.10 Å². The van der Waals surface area contributed by atoms with Crippen LogP contribution in [0.2, 0.25) is 0 Å². The Morgan fingerprint density at radius 3 is 2.80 bits per heavy atom. The Balaban J connectivity index is 1.60. The Labute approximate surface area is 181 Å². The normalized spacial score (nSPS) is 20.2. The molecule has 1 fully saturated rings. The van der Waals surface area contributed by atoms with E-state index in [-0.39, 0.29) is 11.5 Å². The zero-order chi connectivity index (χ0) is 21.4. The van der Waals surface area contributed by atoms with Crippen LogP contribution in [0.1, 0.15) is 51.7 Å². The smallest absolute Gasteiger partial charge is 0.191 e. The molecular formula is C24H37N5O. The first kappa shape index (κ1) is 22.3. The van der Waals surface area contributed by atoms with Crippen LogP contribution in [0.3, 0.4) is 0 Å². The Bertz CT molecular complexity index is 794. The molecule has 2 atom stereocenters. The van der Waals surface area contributed by atoms with Gasteiger partial charge in [-0.3, -0.25) is 4.68 Å². The third-order valence-electron chi connectivity index (χ3n) is 5.49. The molecule has 2 N–H and O–H groups in total. The number of aliphatic imine (C=N–C) groups is 1. The average molecular weight is 412 g/mol. The highest BCUT2D eigenvalue weighted by atomic mass is 16.5. The minimum absolute atomic E-state index is 0.150. The second-order valence-corrected chi connectivity index (χ2v) is 9.16. The fourth-order valence-corrected chi connectivity index (χ4v) is 4.16. The number of hydrogen-bond donors (Lipinski definition) is 2. The number of ether oxygens (including phenoxy) is 1. The van der Waals surface area contributed by atoms with Crippen LogP contribution in [0, 0.1) is 11.3 Å². The molecule has 1 aromatic carbocycles. The molecule has 0 amide bonds. The summed E-state index contributed by atoms with van der Waals surface area (Å²) in [6, 6.07) is 10.5. The second-order valence-electron chi connectivity index (χ2n) is 9.16. The van der Waals surface area contributed by atoms with Crippen molar-refractivity contribution < 1.29 is 4.74 Å². The zero-order valence-corrected chi connectivity index (χ0v) is 18.9. The lowest BCUT2D eigenvalue weighted by atomic mass is 9.78. The van der Waals surface area contributed by atoms with Crippen LogP contribution in [-0.4, -0.2) is 41.5 Å². The van der Waals surface area contributed by atoms with E-state index in [1.54, 1.807) is 0 Å². The fourth-order valence-electron chi connectivity index (χ4n) is 4.16. The quantitative estimate of drug-likeness (QED) is 0.537. The summed E-state index contributed by atoms with van der Waals surface area (Å²) < 4.78 is 8.06. The molecule has 1 saturated heterocycles. The van der Waals surface area contributed by atoms with Gasteiger partial charge in [-0.05, 0) is 42.4 Å². The average Bonchev–Trinajstić information content (AvgIpc) is 3.23. The fraction of sp³-hybridized carbons (Fsp3) is 0.583. The predicted octanol–water partition coefficient (Wildman–Crippen LogP) is 3.83. The lowest BCUT2D eigenvalue weighted by Gasteiger charge is -2.40. The molecule has 6 heteroatoms. The number of aromatic nitrogens is 2. The summed E-state index contributed by atoms with van der Waals surface area (Å²) in [5.74, 6) is 1.37. The Hall–Kier alpha value is -2.34. The first-order chi connectivity index (χ1) is 14.5. The summed E-state index contributed by atoms with van der Waals surface area (Å²) in [6.07, 6.45) is 6.40. The maximum Gasteiger partial charge on any atom is 0.191 e. The maximum atomic E-state index is 6.13. The van der Waals surface area contributed by atoms with E-state index in [2.05, 4.69) is 67.7 Å². The van der Waals surface area contributed by atoms with Crippen LogP contribution in [-0.2, 0) is 17.8 Å². The standard InChI is InChI=1S/C24H37N5O/c1-5-25-23(27-17-21-11-7-14-30-22(21)24(2,3)4)26-16-19-9-6-10-20(15-19)18-29-13-8-12-28-29/h6,8-10,12-13,15,21-22H,5,7,11,14,16-18H2,1-4H3,(H2,25,26,27). The first-order valence-corrected chi connectivity index (χ1v) is 11.1. The summed E-state index contributed by atoms with van der Waals surface area (Å²) in [7, 11) is 0. The molecule has 1 aliphatic rings. The molecule has 3 rings (SSSR count). The van der Waals surface area contributed by atoms with Crippen LogP contribution >= 0.6 is 0 Å². The van der Waals surface area contributed by atoms with Gasteiger partial charge >= 0.3 is 0 Å². The van der Waals surface area contributed by atoms with Gasteiger partial charge in [-0.25, -0.2) is 4.99 Å². The molecule has 2 aromatic rings. The van der Waals surface area contributed by atoms with Gasteiger partial charge < -0.3 is 15.4 Å². The molecular weight excluding hydrogens is 374 g/mol. The third kappa shape index (κ3) is 6.59. The van der Waals surface area contributed by atoms with Crippen LogP contribution in [0.15, 0.2) is 47.7 Å². The van der Waals surface area contributed by atoms with E-state index < -0.39 is 0 Å². The third-order valence-corrected chi connectivity index (χ3v) is 5.49. The van der Waals surface area contributed by atoms with Gasteiger partial charge in [0, 0.05) is 38.0 Å². The van der Waals surface area contributed by atoms with Gasteiger partial charge in [0.25, 0.3) is 0 Å². The molecule has 6 nitrogen and oxygen atoms in total. The van der Waals surface area contributed by atoms with E-state index in [1.165, 1.54) is 17.5 Å². The summed E-state index contributed by atoms with van der Waals surface area (Å²) in [4.78, 5) is 4.82. The Kier molecular flexibility index (Phi) is 7.91. The van der Waals surface area contributed by atoms with Gasteiger partial charge in [0.15, 0.2) is 5.96 Å². The van der Waals surface area contributed by atoms with Crippen molar-refractivity contribution in [3.63, 3.8) is 0 Å². The van der Waals surface area contributed by atoms with E-state index in [9.17, 15) is 0 Å². The molecule has 1 aliphatic heterocycles. The molecule has 0 spiro atoms. The van der Waals surface area contributed by atoms with Gasteiger partial charge in [0.1, 0.15) is 0 Å². The van der Waals surface area contributed by atoms with Crippen molar-refractivity contribution in [2.75, 3.05) is 19.7 Å². The van der Waals surface area contributed by atoms with E-state index in [1.807, 2.05) is 23.1 Å². The Morgan fingerprint density at radius 2 is 2.07 bits per heavy atom. The second kappa shape index (κ2) is 10.6. The van der Waals surface area contributed by atoms with Gasteiger partial charge in [-0.1, -0.05) is 45.0 Å². The summed E-state index contributed by atoms with van der Waals surface area (Å²) in [5.41, 5.74) is 2.58. The van der Waals surface area contributed by atoms with Crippen molar-refractivity contribution in [3.05, 3.63) is 53.9 Å². The molecule has 2 heterocycles. The number of nitrogens with one attached hydrogen (secondary N) is 2. The van der Waals surface area contributed by atoms with Crippen molar-refractivity contribution >= 4 is 5.96 Å². The molecule has 0 aliphatic carbocycles. The van der Waals surface area contributed by atoms with Crippen LogP contribution in [0.25, 0.3) is 0 Å². The minimum Gasteiger partial charge on any atom is -0.377 e. The van der Waals surface area contributed by atoms with Crippen LogP contribution < -0.4 is 10.6 Å². The van der Waals surface area contributed by atoms with E-state index >= 15 is 0 Å². The molecule has 0 radical (unpaired) electrons. The van der Waals surface area contributed by atoms with Crippen molar-refractivity contribution in [3.8, 4) is 0 Å². The topological polar surface area (TPSA) is 63.5 Å². The summed E-state index contributed by atoms with van der Waals surface area (Å²) in [6.45, 7) is 12.9. The highest BCUT2D eigenvalue weighted by Crippen LogP contribution is 2.33. The molecule has 164 valence electrons. The molecule has 0 bridgehead atoms. The molecule has 2 unspecified atom stereocenters. The number of rotatable bonds is 7. The van der Waals surface area contributed by atoms with Crippen LogP contribution in [0.5, 0.6) is 0 Å². The highest BCUT2D eigenvalue weighted by Gasteiger charge is 2.35. The van der Waals surface area contributed by atoms with Crippen molar-refractivity contribution in [1.29, 1.82) is 0 Å². The Morgan fingerprint density at radius 1 is 1.23 bits per heavy atom. The molecule has 30 heavy (non-hydrogen) atoms. The van der Waals surface area contributed by atoms with Gasteiger partial charge in [0.2, 0.25) is 0 Å². The van der Waals surface area contributed by atoms with Crippen molar-refractivity contribution in [2.45, 2.75) is 59.7 Å². The van der Waals surface area contributed by atoms with Crippen molar-refractivity contribution in [2.24, 2.45) is 16.3 Å². The molecule has 1 aromatic heterocycles. The van der Waals surface area contributed by atoms with Gasteiger partial charge in [-0.15, -0.1) is 0 Å². The SMILES string of the molecule is CCNC(=NCc1cccc(Cn2cccn2)c1)NCC1CCCOC1C(C)(C)C. The van der Waals surface area contributed by atoms with E-state index in [0.29, 0.717) is 12.5 Å². The zero-order valence-electron chi connectivity index (χ0n) is 18.9. The van der Waals surface area contributed by atoms with Crippen molar-refractivity contribution in [1.82, 2.24) is 20.4 Å². The monoisotopic (exact) mass is 411 g/mol. The maximum absolute atomic E-state index is 6.13. The lowest BCUT2D eigenvalue weighted by molar-refractivity contribution is -0.0835. The largest absolute Gasteiger partial charge is 0.377 e. The van der Waals surface area contributed by atoms with E-state index in [4.69, 9.17) is 9.73 Å². The summed E-state index contributed by atoms with van der Waals surface area (Å²) in [5, 5.41) is 11.2. The first-order valence-electron chi connectivity index (χ1n) is 11.1. The van der Waals surface area contributed by atoms with Gasteiger partial charge in [0.05, 0.1) is 19.2 Å². The number of hydrogen-bond acceptors (Lipinski definition) is 3. The number of benzene rings is 1. The lowest BCUT2D eigenvalue weighted by Crippen LogP contribution is -2.47. The van der Waals surface area contributed by atoms with E-state index in [0.717, 1.165) is 38.6 Å². The molecule has 0 saturated carbocycles. The number of guanidine groups is 1. The highest BCUT2D eigenvalue weighted by molar-refractivity contribution is 5.79. The predicted molar refractivity (Wildman–Crippen MR) is 123 cm³/mol. The minimum atomic E-state index is 0.150. The van der Waals surface area contributed by atoms with Crippen LogP contribution in [0.4, 0.5) is 0 Å². The number of nitrogens with zero attached hydrogens (tertiary/aromatic N) is 3. The summed E-state index contributed by atoms with van der Waals surface area (Å²) >= 11 is 0.